The van der Waals surface area contributed by atoms with Gasteiger partial charge in [0, 0.05) is 37.6 Å². The second kappa shape index (κ2) is 9.15. The quantitative estimate of drug-likeness (QED) is 0.561. The van der Waals surface area contributed by atoms with Gasteiger partial charge in [0.25, 0.3) is 5.91 Å². The van der Waals surface area contributed by atoms with Crippen molar-refractivity contribution in [3.05, 3.63) is 64.7 Å². The van der Waals surface area contributed by atoms with Crippen molar-refractivity contribution in [2.45, 2.75) is 60.4 Å². The first-order valence-electron chi connectivity index (χ1n) is 10.3. The van der Waals surface area contributed by atoms with Gasteiger partial charge in [-0.15, -0.1) is 0 Å². The highest BCUT2D eigenvalue weighted by Gasteiger charge is 2.19. The Labute approximate surface area is 178 Å². The first kappa shape index (κ1) is 21.6. The number of carbonyl (C=O) groups excluding carboxylic acids is 1. The molecule has 7 heteroatoms. The fraction of sp³-hybridized carbons (Fsp3) is 0.435. The topological polar surface area (TPSA) is 65.2 Å². The Bertz CT molecular complexity index is 1000. The first-order valence-corrected chi connectivity index (χ1v) is 10.3. The van der Waals surface area contributed by atoms with Crippen LogP contribution < -0.4 is 4.74 Å². The molecule has 0 saturated carbocycles. The molecule has 0 bridgehead atoms. The van der Waals surface area contributed by atoms with Crippen molar-refractivity contribution in [2.24, 2.45) is 0 Å². The van der Waals surface area contributed by atoms with Crippen LogP contribution in [0.2, 0.25) is 0 Å². The number of hydrogen-bond donors (Lipinski definition) is 0. The molecule has 0 aliphatic carbocycles. The number of benzene rings is 1. The lowest BCUT2D eigenvalue weighted by Gasteiger charge is -2.16. The monoisotopic (exact) mass is 409 g/mol. The lowest BCUT2D eigenvalue weighted by atomic mass is 10.0. The minimum Gasteiger partial charge on any atom is -0.471 e. The molecule has 0 aliphatic heterocycles. The average Bonchev–Trinajstić information content (AvgIpc) is 3.31. The van der Waals surface area contributed by atoms with Crippen molar-refractivity contribution < 1.29 is 9.53 Å². The van der Waals surface area contributed by atoms with Gasteiger partial charge >= 0.3 is 0 Å². The van der Waals surface area contributed by atoms with Gasteiger partial charge in [0.15, 0.2) is 12.4 Å². The zero-order chi connectivity index (χ0) is 21.8. The van der Waals surface area contributed by atoms with Crippen LogP contribution in [0.25, 0.3) is 0 Å². The summed E-state index contributed by atoms with van der Waals surface area (Å²) < 4.78 is 9.38. The highest BCUT2D eigenvalue weighted by molar-refractivity contribution is 5.92. The molecular formula is C23H31N5O2. The molecule has 30 heavy (non-hydrogen) atoms. The third-order valence-electron chi connectivity index (χ3n) is 5.34. The van der Waals surface area contributed by atoms with Gasteiger partial charge in [-0.05, 0) is 50.5 Å². The van der Waals surface area contributed by atoms with Crippen molar-refractivity contribution in [1.29, 1.82) is 0 Å². The van der Waals surface area contributed by atoms with E-state index in [9.17, 15) is 4.79 Å². The summed E-state index contributed by atoms with van der Waals surface area (Å²) >= 11 is 0. The van der Waals surface area contributed by atoms with E-state index < -0.39 is 0 Å². The Morgan fingerprint density at radius 1 is 1.13 bits per heavy atom. The number of amides is 1. The van der Waals surface area contributed by atoms with Crippen molar-refractivity contribution in [3.8, 4) is 5.75 Å². The fourth-order valence-corrected chi connectivity index (χ4v) is 3.41. The molecular weight excluding hydrogens is 378 g/mol. The van der Waals surface area contributed by atoms with Crippen molar-refractivity contribution in [3.63, 3.8) is 0 Å². The fourth-order valence-electron chi connectivity index (χ4n) is 3.41. The van der Waals surface area contributed by atoms with Gasteiger partial charge in [-0.3, -0.25) is 9.48 Å². The molecule has 3 rings (SSSR count). The molecule has 0 atom stereocenters. The van der Waals surface area contributed by atoms with Crippen molar-refractivity contribution in [1.82, 2.24) is 24.5 Å². The molecule has 160 valence electrons. The summed E-state index contributed by atoms with van der Waals surface area (Å²) in [5.41, 5.74) is 4.80. The van der Waals surface area contributed by atoms with Gasteiger partial charge in [0.2, 0.25) is 0 Å². The summed E-state index contributed by atoms with van der Waals surface area (Å²) in [5.74, 6) is 1.14. The number of hydrogen-bond acceptors (Lipinski definition) is 4. The van der Waals surface area contributed by atoms with E-state index in [-0.39, 0.29) is 12.6 Å². The van der Waals surface area contributed by atoms with E-state index in [0.29, 0.717) is 18.2 Å². The second-order valence-corrected chi connectivity index (χ2v) is 7.86. The molecule has 1 aromatic carbocycles. The summed E-state index contributed by atoms with van der Waals surface area (Å²) in [5, 5.41) is 8.91. The molecule has 0 fully saturated rings. The van der Waals surface area contributed by atoms with Crippen LogP contribution in [0.4, 0.5) is 0 Å². The average molecular weight is 410 g/mol. The van der Waals surface area contributed by atoms with E-state index in [1.807, 2.05) is 30.7 Å². The van der Waals surface area contributed by atoms with Gasteiger partial charge in [-0.25, -0.2) is 4.68 Å². The van der Waals surface area contributed by atoms with Crippen LogP contribution in [0, 0.1) is 13.8 Å². The molecule has 0 spiro atoms. The lowest BCUT2D eigenvalue weighted by Crippen LogP contribution is -2.27. The van der Waals surface area contributed by atoms with E-state index in [1.165, 1.54) is 5.56 Å². The van der Waals surface area contributed by atoms with E-state index in [0.717, 1.165) is 29.2 Å². The number of ether oxygens (including phenoxy) is 1. The van der Waals surface area contributed by atoms with E-state index in [2.05, 4.69) is 43.1 Å². The zero-order valence-electron chi connectivity index (χ0n) is 18.7. The minimum atomic E-state index is -0.127. The summed E-state index contributed by atoms with van der Waals surface area (Å²) in [6, 6.07) is 9.77. The van der Waals surface area contributed by atoms with Gasteiger partial charge in [0.1, 0.15) is 5.75 Å². The maximum Gasteiger partial charge on any atom is 0.274 e. The molecule has 0 radical (unpaired) electrons. The molecule has 0 aliphatic rings. The largest absolute Gasteiger partial charge is 0.471 e. The SMILES string of the molecule is CCn1nc(C)c(CN(C)C(=O)c2ccn(COc3ccc(C(C)C)cc3)n2)c1C. The Morgan fingerprint density at radius 3 is 2.43 bits per heavy atom. The number of rotatable bonds is 8. The predicted octanol–water partition coefficient (Wildman–Crippen LogP) is 4.15. The van der Waals surface area contributed by atoms with Crippen LogP contribution in [-0.4, -0.2) is 37.4 Å². The smallest absolute Gasteiger partial charge is 0.274 e. The molecule has 1 amide bonds. The standard InChI is InChI=1S/C23H31N5O2/c1-7-28-18(5)21(17(4)24-28)14-26(6)23(29)22-12-13-27(25-22)15-30-20-10-8-19(9-11-20)16(2)3/h8-13,16H,7,14-15H2,1-6H3. The number of aromatic nitrogens is 4. The minimum absolute atomic E-state index is 0.127. The van der Waals surface area contributed by atoms with Crippen LogP contribution in [0.15, 0.2) is 36.5 Å². The molecule has 2 heterocycles. The molecule has 0 unspecified atom stereocenters. The highest BCUT2D eigenvalue weighted by Crippen LogP contribution is 2.19. The van der Waals surface area contributed by atoms with Crippen molar-refractivity contribution >= 4 is 5.91 Å². The predicted molar refractivity (Wildman–Crippen MR) is 117 cm³/mol. The third kappa shape index (κ3) is 4.72. The van der Waals surface area contributed by atoms with Crippen LogP contribution >= 0.6 is 0 Å². The van der Waals surface area contributed by atoms with E-state index >= 15 is 0 Å². The summed E-state index contributed by atoms with van der Waals surface area (Å²) in [4.78, 5) is 14.5. The number of carbonyl (C=O) groups is 1. The molecule has 2 aromatic heterocycles. The van der Waals surface area contributed by atoms with Crippen LogP contribution in [0.3, 0.4) is 0 Å². The Balaban J connectivity index is 1.61. The Hall–Kier alpha value is -3.09. The van der Waals surface area contributed by atoms with Crippen LogP contribution in [0.5, 0.6) is 5.75 Å². The lowest BCUT2D eigenvalue weighted by molar-refractivity contribution is 0.0776. The van der Waals surface area contributed by atoms with Gasteiger partial charge in [-0.1, -0.05) is 26.0 Å². The van der Waals surface area contributed by atoms with Gasteiger partial charge in [-0.2, -0.15) is 10.2 Å². The molecule has 0 N–H and O–H groups in total. The normalized spacial score (nSPS) is 11.2. The maximum atomic E-state index is 12.8. The van der Waals surface area contributed by atoms with Crippen LogP contribution in [0.1, 0.15) is 59.7 Å². The van der Waals surface area contributed by atoms with Gasteiger partial charge in [0.05, 0.1) is 5.69 Å². The second-order valence-electron chi connectivity index (χ2n) is 7.86. The summed E-state index contributed by atoms with van der Waals surface area (Å²) in [6.45, 7) is 12.0. The number of aryl methyl sites for hydroxylation is 2. The highest BCUT2D eigenvalue weighted by atomic mass is 16.5. The molecule has 7 nitrogen and oxygen atoms in total. The van der Waals surface area contributed by atoms with Crippen LogP contribution in [-0.2, 0) is 19.8 Å². The van der Waals surface area contributed by atoms with E-state index in [1.54, 1.807) is 28.9 Å². The maximum absolute atomic E-state index is 12.8. The zero-order valence-corrected chi connectivity index (χ0v) is 18.7. The number of nitrogens with zero attached hydrogens (tertiary/aromatic N) is 5. The third-order valence-corrected chi connectivity index (χ3v) is 5.34. The van der Waals surface area contributed by atoms with Crippen molar-refractivity contribution in [2.75, 3.05) is 7.05 Å². The first-order chi connectivity index (χ1) is 14.3. The molecule has 0 saturated heterocycles. The summed E-state index contributed by atoms with van der Waals surface area (Å²) in [7, 11) is 1.79. The van der Waals surface area contributed by atoms with E-state index in [4.69, 9.17) is 4.74 Å². The summed E-state index contributed by atoms with van der Waals surface area (Å²) in [6.07, 6.45) is 1.76. The molecule has 3 aromatic rings. The Kier molecular flexibility index (Phi) is 6.59. The Morgan fingerprint density at radius 2 is 1.83 bits per heavy atom. The van der Waals surface area contributed by atoms with Gasteiger partial charge < -0.3 is 9.64 Å².